The van der Waals surface area contributed by atoms with Gasteiger partial charge >= 0.3 is 29.6 Å². The van der Waals surface area contributed by atoms with E-state index in [1.54, 1.807) is 0 Å². The zero-order valence-electron chi connectivity index (χ0n) is 31.2. The van der Waals surface area contributed by atoms with E-state index in [4.69, 9.17) is 11.6 Å². The van der Waals surface area contributed by atoms with Crippen molar-refractivity contribution in [3.05, 3.63) is 130 Å². The van der Waals surface area contributed by atoms with E-state index in [0.717, 1.165) is 81.6 Å². The Morgan fingerprint density at radius 3 is 2.24 bits per heavy atom. The van der Waals surface area contributed by atoms with Crippen LogP contribution in [0, 0.1) is 0 Å². The van der Waals surface area contributed by atoms with E-state index in [1.807, 2.05) is 28.8 Å². The molecule has 2 heterocycles. The number of halogens is 1. The second-order valence-electron chi connectivity index (χ2n) is 14.8. The van der Waals surface area contributed by atoms with Gasteiger partial charge in [0.1, 0.15) is 10.1 Å². The van der Waals surface area contributed by atoms with E-state index in [-0.39, 0.29) is 41.5 Å². The largest absolute Gasteiger partial charge is 1.00 e. The number of rotatable bonds is 11. The van der Waals surface area contributed by atoms with Crippen LogP contribution in [0.3, 0.4) is 0 Å². The summed E-state index contributed by atoms with van der Waals surface area (Å²) < 4.78 is 42.0. The molecule has 0 saturated carbocycles. The van der Waals surface area contributed by atoms with Gasteiger partial charge in [0.15, 0.2) is 12.3 Å². The van der Waals surface area contributed by atoms with E-state index in [2.05, 4.69) is 115 Å². The van der Waals surface area contributed by atoms with E-state index >= 15 is 0 Å². The summed E-state index contributed by atoms with van der Waals surface area (Å²) in [4.78, 5) is 2.29. The topological polar surface area (TPSA) is 105 Å². The van der Waals surface area contributed by atoms with Crippen LogP contribution in [0.1, 0.15) is 58.1 Å². The molecule has 0 atom stereocenters. The van der Waals surface area contributed by atoms with Gasteiger partial charge in [0.05, 0.1) is 11.2 Å². The van der Waals surface area contributed by atoms with Gasteiger partial charge in [-0.2, -0.15) is 8.91 Å². The zero-order valence-corrected chi connectivity index (χ0v) is 35.6. The van der Waals surface area contributed by atoms with Gasteiger partial charge in [0.2, 0.25) is 5.69 Å². The fourth-order valence-electron chi connectivity index (χ4n) is 8.50. The van der Waals surface area contributed by atoms with Crippen molar-refractivity contribution in [3.8, 4) is 0 Å². The maximum Gasteiger partial charge on any atom is 1.00 e. The fraction of sp³-hybridized carbons (Fsp3) is 0.310. The Kier molecular flexibility index (Phi) is 12.4. The third-order valence-corrected chi connectivity index (χ3v) is 12.6. The minimum atomic E-state index is -4.43. The Hall–Kier alpha value is -2.74. The predicted octanol–water partition coefficient (Wildman–Crippen LogP) is 5.63. The Balaban J connectivity index is 0.00000497. The summed E-state index contributed by atoms with van der Waals surface area (Å²) >= 11 is 8.20. The number of allylic oxidation sites excluding steroid dienone is 8. The molecule has 0 N–H and O–H groups in total. The van der Waals surface area contributed by atoms with Crippen molar-refractivity contribution in [1.29, 1.82) is 0 Å². The van der Waals surface area contributed by atoms with Crippen LogP contribution in [0.2, 0.25) is 0 Å². The molecule has 0 unspecified atom stereocenters. The normalized spacial score (nSPS) is 19.4. The quantitative estimate of drug-likeness (QED) is 0.0367. The number of fused-ring (bicyclic) bond motifs is 6. The monoisotopic (exact) mass is 792 g/mol. The SMILES string of the molecule is CC1(C)C(=CC=C2CCCC(C=CC3=[N+](CCS(=O)(=O)[O-])c4ccc5ccccc5c4C3(C)C)=C2Cl)N(CCSOO[O-])c2ccc3ccccc3c21.[Na+]. The third-order valence-electron chi connectivity index (χ3n) is 10.9. The first-order valence-electron chi connectivity index (χ1n) is 17.8. The van der Waals surface area contributed by atoms with Crippen molar-refractivity contribution in [2.45, 2.75) is 57.8 Å². The first-order chi connectivity index (χ1) is 25.3. The molecule has 7 rings (SSSR count). The number of benzene rings is 4. The standard InChI is InChI=1S/C42H43ClN2O6S2.Na/c1-41(2)36(44(24-26-52-51-50-46)34-20-16-28-10-5-7-14-32(28)38(34)41)22-18-30-12-9-13-31(40(30)43)19-23-37-42(3,4)39-33-15-8-6-11-29(33)17-21-35(39)45(37)25-27-53(47,48)49;/h5-8,10-11,14-23H,9,12-13,24-27H2,1-4H3,(H-,46,47,48,49);/q;+1/p-1. The van der Waals surface area contributed by atoms with Gasteiger partial charge in [0.25, 0.3) is 0 Å². The Bertz CT molecular complexity index is 2380. The molecular formula is C42H42ClN2NaO6S2. The Labute approximate surface area is 349 Å². The predicted molar refractivity (Wildman–Crippen MR) is 212 cm³/mol. The second-order valence-corrected chi connectivity index (χ2v) is 17.5. The Morgan fingerprint density at radius 2 is 1.56 bits per heavy atom. The summed E-state index contributed by atoms with van der Waals surface area (Å²) in [6, 6.07) is 25.0. The van der Waals surface area contributed by atoms with Crippen molar-refractivity contribution in [1.82, 2.24) is 0 Å². The molecule has 0 fully saturated rings. The Morgan fingerprint density at radius 1 is 0.889 bits per heavy atom. The molecule has 4 aromatic rings. The molecule has 12 heteroatoms. The molecule has 0 bridgehead atoms. The summed E-state index contributed by atoms with van der Waals surface area (Å²) in [5.41, 5.74) is 7.67. The van der Waals surface area contributed by atoms with Crippen LogP contribution in [0.15, 0.2) is 119 Å². The molecule has 54 heavy (non-hydrogen) atoms. The van der Waals surface area contributed by atoms with Crippen molar-refractivity contribution < 1.29 is 61.7 Å². The van der Waals surface area contributed by atoms with Gasteiger partial charge in [-0.3, -0.25) is 5.04 Å². The maximum absolute atomic E-state index is 11.8. The average Bonchev–Trinajstić information content (AvgIpc) is 3.49. The van der Waals surface area contributed by atoms with E-state index in [0.29, 0.717) is 17.3 Å². The molecule has 0 amide bonds. The van der Waals surface area contributed by atoms with Crippen LogP contribution in [0.25, 0.3) is 21.5 Å². The molecule has 4 aromatic carbocycles. The number of hydrogen-bond donors (Lipinski definition) is 0. The van der Waals surface area contributed by atoms with Gasteiger partial charge in [0, 0.05) is 63.9 Å². The van der Waals surface area contributed by atoms with Crippen LogP contribution in [0.5, 0.6) is 0 Å². The summed E-state index contributed by atoms with van der Waals surface area (Å²) in [5, 5.41) is 19.4. The molecule has 8 nitrogen and oxygen atoms in total. The van der Waals surface area contributed by atoms with Crippen molar-refractivity contribution in [2.24, 2.45) is 0 Å². The van der Waals surface area contributed by atoms with Crippen LogP contribution in [0.4, 0.5) is 11.4 Å². The number of hydrogen-bond acceptors (Lipinski definition) is 8. The van der Waals surface area contributed by atoms with Crippen molar-refractivity contribution in [2.75, 3.05) is 29.5 Å². The number of anilines is 1. The minimum Gasteiger partial charge on any atom is -0.748 e. The maximum atomic E-state index is 11.8. The third kappa shape index (κ3) is 7.80. The first-order valence-corrected chi connectivity index (χ1v) is 20.7. The molecule has 2 aliphatic heterocycles. The van der Waals surface area contributed by atoms with Crippen LogP contribution in [-0.4, -0.2) is 47.9 Å². The van der Waals surface area contributed by atoms with Gasteiger partial charge < -0.3 is 14.7 Å². The van der Waals surface area contributed by atoms with Crippen LogP contribution < -0.4 is 39.7 Å². The van der Waals surface area contributed by atoms with Crippen LogP contribution in [-0.2, 0) is 30.3 Å². The molecule has 1 aliphatic carbocycles. The molecule has 0 radical (unpaired) electrons. The zero-order chi connectivity index (χ0) is 37.5. The smallest absolute Gasteiger partial charge is 0.748 e. The molecule has 0 saturated heterocycles. The average molecular weight is 793 g/mol. The minimum absolute atomic E-state index is 0. The van der Waals surface area contributed by atoms with Gasteiger partial charge in [-0.15, -0.1) is 0 Å². The summed E-state index contributed by atoms with van der Waals surface area (Å²) in [6.45, 7) is 9.44. The van der Waals surface area contributed by atoms with E-state index in [1.165, 1.54) is 16.3 Å². The molecule has 0 spiro atoms. The van der Waals surface area contributed by atoms with Gasteiger partial charge in [-0.1, -0.05) is 92.2 Å². The van der Waals surface area contributed by atoms with Gasteiger partial charge in [-0.25, -0.2) is 8.42 Å². The van der Waals surface area contributed by atoms with Crippen LogP contribution >= 0.6 is 23.6 Å². The fourth-order valence-corrected chi connectivity index (χ4v) is 9.59. The van der Waals surface area contributed by atoms with E-state index < -0.39 is 21.3 Å². The summed E-state index contributed by atoms with van der Waals surface area (Å²) in [5.74, 6) is 0.0174. The first kappa shape index (κ1) is 40.9. The number of nitrogens with zero attached hydrogens (tertiary/aromatic N) is 2. The molecule has 276 valence electrons. The summed E-state index contributed by atoms with van der Waals surface area (Å²) in [7, 11) is -4.43. The molecular weight excluding hydrogens is 751 g/mol. The van der Waals surface area contributed by atoms with Crippen molar-refractivity contribution in [3.63, 3.8) is 0 Å². The van der Waals surface area contributed by atoms with Gasteiger partial charge in [-0.05, 0) is 89.6 Å². The summed E-state index contributed by atoms with van der Waals surface area (Å²) in [6.07, 6.45) is 11.0. The second kappa shape index (κ2) is 16.4. The molecule has 0 aromatic heterocycles. The van der Waals surface area contributed by atoms with Crippen molar-refractivity contribution >= 4 is 72.4 Å². The molecule has 3 aliphatic rings. The van der Waals surface area contributed by atoms with E-state index in [9.17, 15) is 18.2 Å².